The molecule has 2 aromatic carbocycles. The Kier molecular flexibility index (Phi) is 5.51. The van der Waals surface area contributed by atoms with Gasteiger partial charge in [0.25, 0.3) is 5.91 Å². The smallest absolute Gasteiger partial charge is 0.255 e. The molecule has 0 aliphatic carbocycles. The maximum Gasteiger partial charge on any atom is 0.255 e. The summed E-state index contributed by atoms with van der Waals surface area (Å²) < 4.78 is 0. The lowest BCUT2D eigenvalue weighted by Crippen LogP contribution is -2.13. The van der Waals surface area contributed by atoms with Crippen molar-refractivity contribution in [3.05, 3.63) is 89.2 Å². The summed E-state index contributed by atoms with van der Waals surface area (Å²) in [6.45, 7) is 3.99. The molecule has 0 aliphatic rings. The van der Waals surface area contributed by atoms with Gasteiger partial charge in [0.2, 0.25) is 0 Å². The van der Waals surface area contributed by atoms with Gasteiger partial charge in [-0.05, 0) is 66.9 Å². The number of nitrogens with one attached hydrogen (secondary N) is 1. The Morgan fingerprint density at radius 2 is 1.84 bits per heavy atom. The number of aryl methyl sites for hydroxylation is 1. The Morgan fingerprint density at radius 3 is 2.56 bits per heavy atom. The van der Waals surface area contributed by atoms with E-state index in [-0.39, 0.29) is 5.91 Å². The molecule has 0 saturated carbocycles. The fraction of sp³-hybridized carbons (Fsp3) is 0.143. The number of carbonyl (C=O) groups excluding carboxylic acids is 1. The van der Waals surface area contributed by atoms with Crippen LogP contribution in [0.15, 0.2) is 71.9 Å². The number of hydrogen-bond acceptors (Lipinski definition) is 3. The van der Waals surface area contributed by atoms with Crippen molar-refractivity contribution in [2.75, 3.05) is 5.32 Å². The first-order valence-corrected chi connectivity index (χ1v) is 9.11. The molecule has 4 heteroatoms. The molecule has 3 aromatic rings. The van der Waals surface area contributed by atoms with Gasteiger partial charge in [-0.25, -0.2) is 0 Å². The van der Waals surface area contributed by atoms with Gasteiger partial charge in [-0.3, -0.25) is 9.78 Å². The first-order valence-electron chi connectivity index (χ1n) is 8.13. The molecular weight excluding hydrogens is 328 g/mol. The number of pyridine rings is 1. The number of nitrogens with zero attached hydrogens (tertiary/aromatic N) is 1. The van der Waals surface area contributed by atoms with Gasteiger partial charge in [-0.2, -0.15) is 0 Å². The van der Waals surface area contributed by atoms with Gasteiger partial charge in [0, 0.05) is 34.3 Å². The molecule has 0 atom stereocenters. The van der Waals surface area contributed by atoms with E-state index in [0.717, 1.165) is 33.0 Å². The molecule has 0 radical (unpaired) electrons. The molecule has 1 amide bonds. The molecular formula is C21H20N2OS. The van der Waals surface area contributed by atoms with E-state index in [1.165, 1.54) is 5.56 Å². The summed E-state index contributed by atoms with van der Waals surface area (Å²) in [5.41, 5.74) is 4.85. The van der Waals surface area contributed by atoms with E-state index in [9.17, 15) is 4.79 Å². The van der Waals surface area contributed by atoms with Gasteiger partial charge in [0.1, 0.15) is 0 Å². The lowest BCUT2D eigenvalue weighted by Gasteiger charge is -2.10. The van der Waals surface area contributed by atoms with Crippen LogP contribution in [0.25, 0.3) is 0 Å². The van der Waals surface area contributed by atoms with E-state index in [2.05, 4.69) is 16.4 Å². The van der Waals surface area contributed by atoms with Crippen LogP contribution in [0.3, 0.4) is 0 Å². The summed E-state index contributed by atoms with van der Waals surface area (Å²) in [6.07, 6.45) is 3.66. The van der Waals surface area contributed by atoms with Crippen molar-refractivity contribution < 1.29 is 4.79 Å². The maximum atomic E-state index is 12.5. The highest BCUT2D eigenvalue weighted by Gasteiger charge is 2.10. The Balaban J connectivity index is 1.62. The van der Waals surface area contributed by atoms with Gasteiger partial charge in [-0.15, -0.1) is 11.8 Å². The van der Waals surface area contributed by atoms with Gasteiger partial charge in [0.15, 0.2) is 0 Å². The van der Waals surface area contributed by atoms with Crippen molar-refractivity contribution in [3.63, 3.8) is 0 Å². The number of anilines is 1. The topological polar surface area (TPSA) is 42.0 Å². The number of benzene rings is 2. The SMILES string of the molecule is Cc1cccc(C(=O)Nc2ccc(SCc3cccnc3)cc2)c1C. The number of hydrogen-bond donors (Lipinski definition) is 1. The summed E-state index contributed by atoms with van der Waals surface area (Å²) in [4.78, 5) is 17.7. The number of amides is 1. The molecule has 1 heterocycles. The molecule has 0 unspecified atom stereocenters. The van der Waals surface area contributed by atoms with Crippen molar-refractivity contribution in [1.29, 1.82) is 0 Å². The van der Waals surface area contributed by atoms with E-state index < -0.39 is 0 Å². The van der Waals surface area contributed by atoms with Crippen LogP contribution in [-0.2, 0) is 5.75 Å². The van der Waals surface area contributed by atoms with E-state index in [0.29, 0.717) is 0 Å². The molecule has 3 rings (SSSR count). The zero-order chi connectivity index (χ0) is 17.6. The van der Waals surface area contributed by atoms with Crippen LogP contribution < -0.4 is 5.32 Å². The lowest BCUT2D eigenvalue weighted by molar-refractivity contribution is 0.102. The minimum Gasteiger partial charge on any atom is -0.322 e. The molecule has 1 N–H and O–H groups in total. The standard InChI is InChI=1S/C21H20N2OS/c1-15-5-3-7-20(16(15)2)21(24)23-18-8-10-19(11-9-18)25-14-17-6-4-12-22-13-17/h3-13H,14H2,1-2H3,(H,23,24). The van der Waals surface area contributed by atoms with E-state index in [1.807, 2.05) is 68.6 Å². The third-order valence-electron chi connectivity index (χ3n) is 4.09. The van der Waals surface area contributed by atoms with Crippen LogP contribution in [-0.4, -0.2) is 10.9 Å². The van der Waals surface area contributed by atoms with Gasteiger partial charge in [-0.1, -0.05) is 18.2 Å². The largest absolute Gasteiger partial charge is 0.322 e. The molecule has 3 nitrogen and oxygen atoms in total. The Morgan fingerprint density at radius 1 is 1.04 bits per heavy atom. The van der Waals surface area contributed by atoms with Crippen molar-refractivity contribution in [2.24, 2.45) is 0 Å². The van der Waals surface area contributed by atoms with Crippen LogP contribution in [0.5, 0.6) is 0 Å². The molecule has 0 saturated heterocycles. The average molecular weight is 348 g/mol. The Labute approximate surface area is 152 Å². The van der Waals surface area contributed by atoms with Crippen LogP contribution in [0.4, 0.5) is 5.69 Å². The molecule has 0 fully saturated rings. The summed E-state index contributed by atoms with van der Waals surface area (Å²) in [7, 11) is 0. The Bertz CT molecular complexity index is 861. The molecule has 1 aromatic heterocycles. The zero-order valence-corrected chi connectivity index (χ0v) is 15.1. The number of aromatic nitrogens is 1. The Hall–Kier alpha value is -2.59. The summed E-state index contributed by atoms with van der Waals surface area (Å²) in [6, 6.07) is 17.7. The summed E-state index contributed by atoms with van der Waals surface area (Å²) in [5, 5.41) is 2.97. The first kappa shape index (κ1) is 17.2. The highest BCUT2D eigenvalue weighted by Crippen LogP contribution is 2.24. The second-order valence-corrected chi connectivity index (χ2v) is 6.92. The third kappa shape index (κ3) is 4.48. The quantitative estimate of drug-likeness (QED) is 0.641. The highest BCUT2D eigenvalue weighted by molar-refractivity contribution is 7.98. The van der Waals surface area contributed by atoms with Crippen LogP contribution in [0, 0.1) is 13.8 Å². The summed E-state index contributed by atoms with van der Waals surface area (Å²) >= 11 is 1.75. The molecule has 0 aliphatic heterocycles. The van der Waals surface area contributed by atoms with E-state index in [4.69, 9.17) is 0 Å². The van der Waals surface area contributed by atoms with E-state index in [1.54, 1.807) is 18.0 Å². The van der Waals surface area contributed by atoms with Crippen molar-refractivity contribution >= 4 is 23.4 Å². The molecule has 0 bridgehead atoms. The zero-order valence-electron chi connectivity index (χ0n) is 14.3. The predicted octanol–water partition coefficient (Wildman–Crippen LogP) is 5.24. The second kappa shape index (κ2) is 7.99. The van der Waals surface area contributed by atoms with Gasteiger partial charge < -0.3 is 5.32 Å². The van der Waals surface area contributed by atoms with Crippen molar-refractivity contribution in [2.45, 2.75) is 24.5 Å². The number of carbonyl (C=O) groups is 1. The number of rotatable bonds is 5. The molecule has 126 valence electrons. The van der Waals surface area contributed by atoms with Crippen LogP contribution >= 0.6 is 11.8 Å². The predicted molar refractivity (Wildman–Crippen MR) is 104 cm³/mol. The van der Waals surface area contributed by atoms with Gasteiger partial charge in [0.05, 0.1) is 0 Å². The molecule has 25 heavy (non-hydrogen) atoms. The number of thioether (sulfide) groups is 1. The summed E-state index contributed by atoms with van der Waals surface area (Å²) in [5.74, 6) is 0.805. The average Bonchev–Trinajstić information content (AvgIpc) is 2.64. The molecule has 0 spiro atoms. The van der Waals surface area contributed by atoms with Crippen molar-refractivity contribution in [3.8, 4) is 0 Å². The van der Waals surface area contributed by atoms with Gasteiger partial charge >= 0.3 is 0 Å². The van der Waals surface area contributed by atoms with Crippen LogP contribution in [0.2, 0.25) is 0 Å². The first-order chi connectivity index (χ1) is 12.1. The third-order valence-corrected chi connectivity index (χ3v) is 5.17. The monoisotopic (exact) mass is 348 g/mol. The van der Waals surface area contributed by atoms with Crippen molar-refractivity contribution in [1.82, 2.24) is 4.98 Å². The van der Waals surface area contributed by atoms with E-state index >= 15 is 0 Å². The minimum absolute atomic E-state index is 0.0723. The fourth-order valence-corrected chi connectivity index (χ4v) is 3.31. The minimum atomic E-state index is -0.0723. The normalized spacial score (nSPS) is 10.5. The second-order valence-electron chi connectivity index (χ2n) is 5.88. The highest BCUT2D eigenvalue weighted by atomic mass is 32.2. The van der Waals surface area contributed by atoms with Crippen LogP contribution in [0.1, 0.15) is 27.0 Å². The maximum absolute atomic E-state index is 12.5. The lowest BCUT2D eigenvalue weighted by atomic mass is 10.0. The fourth-order valence-electron chi connectivity index (χ4n) is 2.48.